The second-order valence-corrected chi connectivity index (χ2v) is 14.5. The number of rotatable bonds is 8. The lowest BCUT2D eigenvalue weighted by molar-refractivity contribution is 0.408. The lowest BCUT2D eigenvalue weighted by Crippen LogP contribution is -2.58. The van der Waals surface area contributed by atoms with Crippen molar-refractivity contribution in [2.75, 3.05) is 14.2 Å². The molecule has 0 spiro atoms. The van der Waals surface area contributed by atoms with Gasteiger partial charge in [-0.2, -0.15) is 0 Å². The van der Waals surface area contributed by atoms with Crippen LogP contribution in [0.5, 0.6) is 11.5 Å². The van der Waals surface area contributed by atoms with Crippen LogP contribution in [0.3, 0.4) is 0 Å². The summed E-state index contributed by atoms with van der Waals surface area (Å²) in [5, 5.41) is 0. The normalized spacial score (nSPS) is 11.1. The first-order valence-corrected chi connectivity index (χ1v) is 17.2. The van der Waals surface area contributed by atoms with E-state index < -0.39 is 0 Å². The molecule has 0 N–H and O–H groups in total. The third-order valence-electron chi connectivity index (χ3n) is 10.3. The van der Waals surface area contributed by atoms with Crippen LogP contribution in [0.4, 0.5) is 0 Å². The SMILES string of the molecule is COc1cc(B(c2c(C)cc(C)cc2C)c2c(C)cc(C)cc2C)c(OC)cc1B(c1c(C)cc(C)cc1C)c1c(C)cc(C)cc1C. The summed E-state index contributed by atoms with van der Waals surface area (Å²) in [4.78, 5) is 0. The molecule has 5 rings (SSSR count). The van der Waals surface area contributed by atoms with E-state index in [1.807, 2.05) is 14.2 Å². The van der Waals surface area contributed by atoms with E-state index in [4.69, 9.17) is 9.47 Å². The minimum absolute atomic E-state index is 0.0340. The zero-order valence-electron chi connectivity index (χ0n) is 31.7. The molecule has 0 heterocycles. The topological polar surface area (TPSA) is 18.5 Å². The van der Waals surface area contributed by atoms with Crippen LogP contribution >= 0.6 is 0 Å². The second-order valence-electron chi connectivity index (χ2n) is 14.5. The molecule has 5 aromatic carbocycles. The van der Waals surface area contributed by atoms with Crippen LogP contribution in [0.1, 0.15) is 66.8 Å². The fourth-order valence-electron chi connectivity index (χ4n) is 8.89. The first kappa shape index (κ1) is 35.1. The van der Waals surface area contributed by atoms with Crippen LogP contribution in [0.15, 0.2) is 60.7 Å². The van der Waals surface area contributed by atoms with Gasteiger partial charge in [0.15, 0.2) is 0 Å². The summed E-state index contributed by atoms with van der Waals surface area (Å²) in [7, 11) is 3.63. The molecule has 0 bridgehead atoms. The molecule has 0 saturated carbocycles. The Hall–Kier alpha value is -4.17. The number of ether oxygens (including phenoxy) is 2. The Labute approximate surface area is 291 Å². The molecule has 5 aromatic rings. The van der Waals surface area contributed by atoms with Crippen LogP contribution in [0.25, 0.3) is 0 Å². The smallest absolute Gasteiger partial charge is 0.247 e. The van der Waals surface area contributed by atoms with Crippen molar-refractivity contribution in [3.8, 4) is 11.5 Å². The molecule has 0 unspecified atom stereocenters. The molecule has 0 aromatic heterocycles. The predicted octanol–water partition coefficient (Wildman–Crippen LogP) is 6.44. The molecule has 0 fully saturated rings. The highest BCUT2D eigenvalue weighted by Gasteiger charge is 2.36. The molecule has 0 amide bonds. The van der Waals surface area contributed by atoms with Gasteiger partial charge >= 0.3 is 0 Å². The Bertz CT molecular complexity index is 1680. The van der Waals surface area contributed by atoms with E-state index in [2.05, 4.69) is 144 Å². The van der Waals surface area contributed by atoms with Gasteiger partial charge in [-0.15, -0.1) is 0 Å². The van der Waals surface area contributed by atoms with Crippen molar-refractivity contribution in [1.29, 1.82) is 0 Å². The molecular weight excluding hydrogens is 582 g/mol. The Morgan fingerprint density at radius 1 is 0.312 bits per heavy atom. The summed E-state index contributed by atoms with van der Waals surface area (Å²) < 4.78 is 12.9. The number of benzene rings is 5. The number of aryl methyl sites for hydroxylation is 12. The maximum Gasteiger partial charge on any atom is 0.247 e. The van der Waals surface area contributed by atoms with Crippen molar-refractivity contribution < 1.29 is 9.47 Å². The Balaban J connectivity index is 1.91. The fourth-order valence-corrected chi connectivity index (χ4v) is 8.89. The highest BCUT2D eigenvalue weighted by molar-refractivity contribution is 6.98. The number of hydrogen-bond acceptors (Lipinski definition) is 2. The van der Waals surface area contributed by atoms with E-state index in [0.29, 0.717) is 0 Å². The molecule has 4 heteroatoms. The molecule has 0 aliphatic heterocycles. The van der Waals surface area contributed by atoms with Crippen LogP contribution in [0, 0.1) is 83.1 Å². The van der Waals surface area contributed by atoms with Crippen molar-refractivity contribution >= 4 is 46.2 Å². The molecule has 0 saturated heterocycles. The van der Waals surface area contributed by atoms with Gasteiger partial charge in [0.05, 0.1) is 14.2 Å². The van der Waals surface area contributed by atoms with Gasteiger partial charge in [0.25, 0.3) is 0 Å². The van der Waals surface area contributed by atoms with E-state index in [1.165, 1.54) is 88.6 Å². The van der Waals surface area contributed by atoms with Crippen molar-refractivity contribution in [2.24, 2.45) is 0 Å². The molecule has 2 nitrogen and oxygen atoms in total. The van der Waals surface area contributed by atoms with Gasteiger partial charge < -0.3 is 9.47 Å². The quantitative estimate of drug-likeness (QED) is 0.183. The summed E-state index contributed by atoms with van der Waals surface area (Å²) in [5.41, 5.74) is 23.0. The van der Waals surface area contributed by atoms with Crippen LogP contribution in [-0.4, -0.2) is 27.6 Å². The van der Waals surface area contributed by atoms with Crippen molar-refractivity contribution in [3.63, 3.8) is 0 Å². The van der Waals surface area contributed by atoms with Crippen LogP contribution < -0.4 is 42.3 Å². The van der Waals surface area contributed by atoms with Gasteiger partial charge in [-0.3, -0.25) is 0 Å². The summed E-state index contributed by atoms with van der Waals surface area (Å²) in [6.45, 7) is 26.7. The zero-order valence-corrected chi connectivity index (χ0v) is 31.7. The molecular formula is C44H52B2O2. The predicted molar refractivity (Wildman–Crippen MR) is 211 cm³/mol. The molecule has 0 aliphatic rings. The lowest BCUT2D eigenvalue weighted by atomic mass is 9.32. The largest absolute Gasteiger partial charge is 0.497 e. The zero-order chi connectivity index (χ0) is 35.2. The summed E-state index contributed by atoms with van der Waals surface area (Å²) in [6, 6.07) is 23.1. The first-order valence-electron chi connectivity index (χ1n) is 17.2. The van der Waals surface area contributed by atoms with Crippen molar-refractivity contribution in [3.05, 3.63) is 127 Å². The van der Waals surface area contributed by atoms with Gasteiger partial charge in [-0.05, 0) is 106 Å². The van der Waals surface area contributed by atoms with Crippen molar-refractivity contribution in [2.45, 2.75) is 83.1 Å². The summed E-state index contributed by atoms with van der Waals surface area (Å²) in [5.74, 6) is 1.76. The van der Waals surface area contributed by atoms with Gasteiger partial charge in [0, 0.05) is 0 Å². The van der Waals surface area contributed by atoms with E-state index in [0.717, 1.165) is 22.4 Å². The van der Waals surface area contributed by atoms with Gasteiger partial charge in [0.1, 0.15) is 11.5 Å². The number of hydrogen-bond donors (Lipinski definition) is 0. The maximum absolute atomic E-state index is 6.44. The fraction of sp³-hybridized carbons (Fsp3) is 0.318. The Morgan fingerprint density at radius 3 is 0.667 bits per heavy atom. The standard InChI is InChI=1S/C44H52B2O2/c1-25-15-29(5)41(30(6)16-25)45(42-31(7)17-26(2)18-32(42)8)37-23-40(48-14)38(24-39(37)47-13)46(43-33(9)19-27(3)20-34(43)10)44-35(11)21-28(4)22-36(44)12/h15-24H,1-14H3. The van der Waals surface area contributed by atoms with Crippen LogP contribution in [0.2, 0.25) is 0 Å². The minimum atomic E-state index is -0.0340. The highest BCUT2D eigenvalue weighted by atomic mass is 16.5. The third-order valence-corrected chi connectivity index (χ3v) is 10.3. The average Bonchev–Trinajstić information content (AvgIpc) is 2.97. The molecule has 0 aliphatic carbocycles. The van der Waals surface area contributed by atoms with E-state index in [9.17, 15) is 0 Å². The lowest BCUT2D eigenvalue weighted by Gasteiger charge is -2.29. The summed E-state index contributed by atoms with van der Waals surface area (Å²) >= 11 is 0. The minimum Gasteiger partial charge on any atom is -0.497 e. The monoisotopic (exact) mass is 634 g/mol. The van der Waals surface area contributed by atoms with Gasteiger partial charge in [0.2, 0.25) is 13.4 Å². The van der Waals surface area contributed by atoms with Crippen LogP contribution in [-0.2, 0) is 0 Å². The van der Waals surface area contributed by atoms with Crippen molar-refractivity contribution in [1.82, 2.24) is 0 Å². The Kier molecular flexibility index (Phi) is 10.1. The maximum atomic E-state index is 6.44. The van der Waals surface area contributed by atoms with Gasteiger partial charge in [-0.25, -0.2) is 0 Å². The van der Waals surface area contributed by atoms with E-state index in [-0.39, 0.29) is 13.4 Å². The molecule has 48 heavy (non-hydrogen) atoms. The third kappa shape index (κ3) is 6.47. The average molecular weight is 635 g/mol. The van der Waals surface area contributed by atoms with E-state index in [1.54, 1.807) is 0 Å². The molecule has 0 atom stereocenters. The molecule has 246 valence electrons. The van der Waals surface area contributed by atoms with Gasteiger partial charge in [-0.1, -0.05) is 137 Å². The molecule has 0 radical (unpaired) electrons. The Morgan fingerprint density at radius 2 is 0.500 bits per heavy atom. The highest BCUT2D eigenvalue weighted by Crippen LogP contribution is 2.22. The second kappa shape index (κ2) is 13.7. The number of methoxy groups -OCH3 is 2. The summed E-state index contributed by atoms with van der Waals surface area (Å²) in [6.07, 6.45) is 0. The van der Waals surface area contributed by atoms with E-state index >= 15 is 0 Å². The first-order chi connectivity index (χ1) is 22.7.